The van der Waals surface area contributed by atoms with Gasteiger partial charge in [0, 0.05) is 16.1 Å². The van der Waals surface area contributed by atoms with E-state index >= 15 is 0 Å². The second-order valence-electron chi connectivity index (χ2n) is 3.60. The minimum absolute atomic E-state index is 0.123. The van der Waals surface area contributed by atoms with Crippen LogP contribution in [0.5, 0.6) is 0 Å². The lowest BCUT2D eigenvalue weighted by molar-refractivity contribution is 0.103. The molecular formula is C13H11NO2S. The summed E-state index contributed by atoms with van der Waals surface area (Å²) in [6, 6.07) is 10.5. The Morgan fingerprint density at radius 1 is 1.18 bits per heavy atom. The highest BCUT2D eigenvalue weighted by Gasteiger charge is 2.07. The summed E-state index contributed by atoms with van der Waals surface area (Å²) in [5.41, 5.74) is 1.28. The predicted octanol–water partition coefficient (Wildman–Crippen LogP) is 3.12. The first-order chi connectivity index (χ1) is 8.19. The highest BCUT2D eigenvalue weighted by Crippen LogP contribution is 2.17. The maximum Gasteiger partial charge on any atom is 0.265 e. The monoisotopic (exact) mass is 245 g/mol. The lowest BCUT2D eigenvalue weighted by Crippen LogP contribution is -2.09. The molecule has 2 rings (SSSR count). The lowest BCUT2D eigenvalue weighted by atomic mass is 10.2. The molecule has 1 N–H and O–H groups in total. The van der Waals surface area contributed by atoms with Crippen molar-refractivity contribution < 1.29 is 9.59 Å². The second-order valence-corrected chi connectivity index (χ2v) is 4.89. The van der Waals surface area contributed by atoms with E-state index in [4.69, 9.17) is 0 Å². The molecule has 1 aromatic carbocycles. The molecule has 1 amide bonds. The van der Waals surface area contributed by atoms with Crippen LogP contribution in [0.15, 0.2) is 36.4 Å². The molecule has 2 aromatic rings. The SMILES string of the molecule is Cc1ccc(C(=O)Nc2ccc(C=O)cc2)s1. The maximum absolute atomic E-state index is 11.8. The van der Waals surface area contributed by atoms with Crippen LogP contribution in [0.1, 0.15) is 24.9 Å². The zero-order valence-electron chi connectivity index (χ0n) is 9.27. The van der Waals surface area contributed by atoms with Crippen molar-refractivity contribution in [2.45, 2.75) is 6.92 Å². The van der Waals surface area contributed by atoms with E-state index in [1.54, 1.807) is 30.3 Å². The number of aryl methyl sites for hydroxylation is 1. The number of carbonyl (C=O) groups excluding carboxylic acids is 2. The van der Waals surface area contributed by atoms with Gasteiger partial charge in [0.25, 0.3) is 5.91 Å². The van der Waals surface area contributed by atoms with Gasteiger partial charge < -0.3 is 5.32 Å². The summed E-state index contributed by atoms with van der Waals surface area (Å²) in [6.07, 6.45) is 0.772. The smallest absolute Gasteiger partial charge is 0.265 e. The molecule has 0 fully saturated rings. The van der Waals surface area contributed by atoms with E-state index in [1.807, 2.05) is 13.0 Å². The number of anilines is 1. The normalized spacial score (nSPS) is 9.94. The van der Waals surface area contributed by atoms with Crippen LogP contribution in [0, 0.1) is 6.92 Å². The van der Waals surface area contributed by atoms with Crippen LogP contribution < -0.4 is 5.32 Å². The van der Waals surface area contributed by atoms with E-state index in [-0.39, 0.29) is 5.91 Å². The molecule has 1 heterocycles. The van der Waals surface area contributed by atoms with Crippen molar-refractivity contribution in [3.8, 4) is 0 Å². The number of rotatable bonds is 3. The van der Waals surface area contributed by atoms with Gasteiger partial charge in [-0.3, -0.25) is 9.59 Å². The topological polar surface area (TPSA) is 46.2 Å². The van der Waals surface area contributed by atoms with Crippen molar-refractivity contribution >= 4 is 29.2 Å². The first-order valence-corrected chi connectivity index (χ1v) is 5.94. The fraction of sp³-hybridized carbons (Fsp3) is 0.0769. The number of nitrogens with one attached hydrogen (secondary N) is 1. The van der Waals surface area contributed by atoms with Crippen molar-refractivity contribution in [1.82, 2.24) is 0 Å². The molecule has 0 saturated carbocycles. The Hall–Kier alpha value is -1.94. The minimum atomic E-state index is -0.123. The number of hydrogen-bond donors (Lipinski definition) is 1. The minimum Gasteiger partial charge on any atom is -0.321 e. The average Bonchev–Trinajstić information content (AvgIpc) is 2.77. The number of benzene rings is 1. The molecule has 0 spiro atoms. The zero-order valence-corrected chi connectivity index (χ0v) is 10.1. The Morgan fingerprint density at radius 3 is 2.41 bits per heavy atom. The Bertz CT molecular complexity index is 543. The van der Waals surface area contributed by atoms with Gasteiger partial charge in [-0.1, -0.05) is 0 Å². The standard InChI is InChI=1S/C13H11NO2S/c1-9-2-7-12(17-9)13(16)14-11-5-3-10(8-15)4-6-11/h2-8H,1H3,(H,14,16). The molecule has 0 atom stereocenters. The second kappa shape index (κ2) is 4.93. The summed E-state index contributed by atoms with van der Waals surface area (Å²) in [4.78, 5) is 24.1. The van der Waals surface area contributed by atoms with Crippen LogP contribution in [-0.2, 0) is 0 Å². The molecule has 86 valence electrons. The molecule has 4 heteroatoms. The van der Waals surface area contributed by atoms with Crippen molar-refractivity contribution in [2.24, 2.45) is 0 Å². The number of hydrogen-bond acceptors (Lipinski definition) is 3. The molecule has 0 saturated heterocycles. The fourth-order valence-electron chi connectivity index (χ4n) is 1.39. The van der Waals surface area contributed by atoms with Crippen LogP contribution in [0.25, 0.3) is 0 Å². The third-order valence-corrected chi connectivity index (χ3v) is 3.27. The predicted molar refractivity (Wildman–Crippen MR) is 68.8 cm³/mol. The van der Waals surface area contributed by atoms with Crippen LogP contribution >= 0.6 is 11.3 Å². The molecule has 1 aromatic heterocycles. The third-order valence-electron chi connectivity index (χ3n) is 2.27. The maximum atomic E-state index is 11.8. The van der Waals surface area contributed by atoms with E-state index in [0.717, 1.165) is 11.2 Å². The van der Waals surface area contributed by atoms with E-state index in [9.17, 15) is 9.59 Å². The number of amides is 1. The summed E-state index contributed by atoms with van der Waals surface area (Å²) in [6.45, 7) is 1.96. The van der Waals surface area contributed by atoms with Gasteiger partial charge in [0.2, 0.25) is 0 Å². The number of aldehydes is 1. The zero-order chi connectivity index (χ0) is 12.3. The molecule has 0 radical (unpaired) electrons. The van der Waals surface area contributed by atoms with Crippen LogP contribution in [0.3, 0.4) is 0 Å². The third kappa shape index (κ3) is 2.79. The van der Waals surface area contributed by atoms with Crippen LogP contribution in [0.2, 0.25) is 0 Å². The average molecular weight is 245 g/mol. The Kier molecular flexibility index (Phi) is 3.35. The van der Waals surface area contributed by atoms with Crippen molar-refractivity contribution in [1.29, 1.82) is 0 Å². The fourth-order valence-corrected chi connectivity index (χ4v) is 2.16. The van der Waals surface area contributed by atoms with E-state index in [1.165, 1.54) is 11.3 Å². The molecule has 17 heavy (non-hydrogen) atoms. The summed E-state index contributed by atoms with van der Waals surface area (Å²) < 4.78 is 0. The molecular weight excluding hydrogens is 234 g/mol. The molecule has 3 nitrogen and oxygen atoms in total. The molecule has 0 aliphatic carbocycles. The van der Waals surface area contributed by atoms with Gasteiger partial charge in [0.1, 0.15) is 6.29 Å². The first kappa shape index (κ1) is 11.5. The van der Waals surface area contributed by atoms with Gasteiger partial charge in [-0.05, 0) is 43.3 Å². The summed E-state index contributed by atoms with van der Waals surface area (Å²) in [5.74, 6) is -0.123. The molecule has 0 bridgehead atoms. The highest BCUT2D eigenvalue weighted by molar-refractivity contribution is 7.14. The van der Waals surface area contributed by atoms with Gasteiger partial charge in [-0.2, -0.15) is 0 Å². The Balaban J connectivity index is 2.10. The van der Waals surface area contributed by atoms with Crippen molar-refractivity contribution in [3.63, 3.8) is 0 Å². The first-order valence-electron chi connectivity index (χ1n) is 5.12. The molecule has 0 unspecified atom stereocenters. The quantitative estimate of drug-likeness (QED) is 0.844. The van der Waals surface area contributed by atoms with Gasteiger partial charge in [0.15, 0.2) is 0 Å². The lowest BCUT2D eigenvalue weighted by Gasteiger charge is -2.03. The number of thiophene rings is 1. The van der Waals surface area contributed by atoms with Crippen molar-refractivity contribution in [3.05, 3.63) is 51.7 Å². The van der Waals surface area contributed by atoms with Gasteiger partial charge in [-0.15, -0.1) is 11.3 Å². The van der Waals surface area contributed by atoms with Gasteiger partial charge in [0.05, 0.1) is 4.88 Å². The summed E-state index contributed by atoms with van der Waals surface area (Å²) in [7, 11) is 0. The molecule has 0 aliphatic rings. The van der Waals surface area contributed by atoms with Gasteiger partial charge >= 0.3 is 0 Å². The van der Waals surface area contributed by atoms with Crippen LogP contribution in [0.4, 0.5) is 5.69 Å². The summed E-state index contributed by atoms with van der Waals surface area (Å²) in [5, 5.41) is 2.78. The Labute approximate surface area is 103 Å². The number of carbonyl (C=O) groups is 2. The van der Waals surface area contributed by atoms with E-state index < -0.39 is 0 Å². The van der Waals surface area contributed by atoms with Crippen molar-refractivity contribution in [2.75, 3.05) is 5.32 Å². The largest absolute Gasteiger partial charge is 0.321 e. The van der Waals surface area contributed by atoms with E-state index in [2.05, 4.69) is 5.32 Å². The van der Waals surface area contributed by atoms with E-state index in [0.29, 0.717) is 16.1 Å². The summed E-state index contributed by atoms with van der Waals surface area (Å²) >= 11 is 1.45. The Morgan fingerprint density at radius 2 is 1.88 bits per heavy atom. The van der Waals surface area contributed by atoms with Crippen LogP contribution in [-0.4, -0.2) is 12.2 Å². The molecule has 0 aliphatic heterocycles. The highest BCUT2D eigenvalue weighted by atomic mass is 32.1. The van der Waals surface area contributed by atoms with Gasteiger partial charge in [-0.25, -0.2) is 0 Å².